The Bertz CT molecular complexity index is 743. The number of benzene rings is 2. The highest BCUT2D eigenvalue weighted by Gasteiger charge is 2.30. The summed E-state index contributed by atoms with van der Waals surface area (Å²) in [5.41, 5.74) is 4.78. The summed E-state index contributed by atoms with van der Waals surface area (Å²) in [6, 6.07) is 14.4. The molecular weight excluding hydrogens is 312 g/mol. The minimum absolute atomic E-state index is 0.123. The average Bonchev–Trinajstić information content (AvgIpc) is 2.61. The van der Waals surface area contributed by atoms with Crippen LogP contribution >= 0.6 is 0 Å². The van der Waals surface area contributed by atoms with Crippen molar-refractivity contribution in [1.82, 2.24) is 10.2 Å². The van der Waals surface area contributed by atoms with Crippen molar-refractivity contribution in [2.24, 2.45) is 0 Å². The van der Waals surface area contributed by atoms with Crippen LogP contribution in [0.4, 0.5) is 0 Å². The monoisotopic (exact) mass is 338 g/mol. The van der Waals surface area contributed by atoms with Crippen molar-refractivity contribution in [3.8, 4) is 5.75 Å². The maximum atomic E-state index is 12.5. The van der Waals surface area contributed by atoms with E-state index in [1.807, 2.05) is 18.2 Å². The number of hydrogen-bond acceptors (Lipinski definition) is 3. The Morgan fingerprint density at radius 1 is 1.16 bits per heavy atom. The molecule has 0 radical (unpaired) electrons. The molecule has 0 saturated carbocycles. The number of methoxy groups -OCH3 is 1. The van der Waals surface area contributed by atoms with Gasteiger partial charge in [-0.25, -0.2) is 0 Å². The van der Waals surface area contributed by atoms with Crippen LogP contribution in [-0.4, -0.2) is 37.0 Å². The van der Waals surface area contributed by atoms with Crippen molar-refractivity contribution >= 4 is 5.91 Å². The highest BCUT2D eigenvalue weighted by atomic mass is 16.5. The number of carbonyl (C=O) groups is 1. The molecule has 3 rings (SSSR count). The number of nitrogens with one attached hydrogen (secondary N) is 1. The summed E-state index contributed by atoms with van der Waals surface area (Å²) in [6.45, 7) is 6.52. The van der Waals surface area contributed by atoms with E-state index in [1.165, 1.54) is 16.7 Å². The van der Waals surface area contributed by atoms with E-state index in [2.05, 4.69) is 48.3 Å². The van der Waals surface area contributed by atoms with Gasteiger partial charge in [0.15, 0.2) is 0 Å². The summed E-state index contributed by atoms with van der Waals surface area (Å²) in [6.07, 6.45) is 0.737. The van der Waals surface area contributed by atoms with E-state index in [1.54, 1.807) is 7.11 Å². The number of aryl methyl sites for hydroxylation is 2. The molecule has 1 amide bonds. The number of carbonyl (C=O) groups excluding carboxylic acids is 1. The van der Waals surface area contributed by atoms with E-state index < -0.39 is 0 Å². The normalized spacial score (nSPS) is 18.0. The van der Waals surface area contributed by atoms with Gasteiger partial charge >= 0.3 is 0 Å². The maximum absolute atomic E-state index is 12.5. The second kappa shape index (κ2) is 7.70. The number of nitrogens with zero attached hydrogens (tertiary/aromatic N) is 1. The van der Waals surface area contributed by atoms with Crippen molar-refractivity contribution < 1.29 is 9.53 Å². The third kappa shape index (κ3) is 4.02. The van der Waals surface area contributed by atoms with Crippen LogP contribution in [0.3, 0.4) is 0 Å². The molecule has 1 N–H and O–H groups in total. The predicted octanol–water partition coefficient (Wildman–Crippen LogP) is 2.86. The first kappa shape index (κ1) is 17.5. The van der Waals surface area contributed by atoms with Crippen molar-refractivity contribution in [2.45, 2.75) is 32.9 Å². The fourth-order valence-electron chi connectivity index (χ4n) is 3.47. The lowest BCUT2D eigenvalue weighted by molar-refractivity contribution is -0.129. The third-order valence-electron chi connectivity index (χ3n) is 4.94. The fourth-order valence-corrected chi connectivity index (χ4v) is 3.47. The zero-order valence-corrected chi connectivity index (χ0v) is 15.2. The van der Waals surface area contributed by atoms with Crippen LogP contribution in [0.15, 0.2) is 42.5 Å². The van der Waals surface area contributed by atoms with Crippen molar-refractivity contribution in [1.29, 1.82) is 0 Å². The van der Waals surface area contributed by atoms with Crippen LogP contribution in [0.5, 0.6) is 5.75 Å². The first-order valence-corrected chi connectivity index (χ1v) is 8.78. The highest BCUT2D eigenvalue weighted by Crippen LogP contribution is 2.25. The number of ether oxygens (including phenoxy) is 1. The first-order valence-electron chi connectivity index (χ1n) is 8.78. The quantitative estimate of drug-likeness (QED) is 0.911. The van der Waals surface area contributed by atoms with Crippen LogP contribution in [0, 0.1) is 13.8 Å². The first-order chi connectivity index (χ1) is 12.1. The molecule has 0 bridgehead atoms. The van der Waals surface area contributed by atoms with Gasteiger partial charge in [-0.1, -0.05) is 36.4 Å². The van der Waals surface area contributed by atoms with Crippen molar-refractivity contribution in [2.75, 3.05) is 20.2 Å². The molecule has 2 aromatic rings. The molecule has 1 aliphatic rings. The second-order valence-electron chi connectivity index (χ2n) is 6.72. The van der Waals surface area contributed by atoms with Gasteiger partial charge in [0.25, 0.3) is 0 Å². The Hall–Kier alpha value is -2.33. The largest absolute Gasteiger partial charge is 0.496 e. The predicted molar refractivity (Wildman–Crippen MR) is 99.8 cm³/mol. The zero-order chi connectivity index (χ0) is 17.8. The summed E-state index contributed by atoms with van der Waals surface area (Å²) in [4.78, 5) is 14.8. The third-order valence-corrected chi connectivity index (χ3v) is 4.94. The van der Waals surface area contributed by atoms with Crippen LogP contribution in [0.1, 0.15) is 22.3 Å². The summed E-state index contributed by atoms with van der Waals surface area (Å²) in [5, 5.41) is 3.01. The van der Waals surface area contributed by atoms with Gasteiger partial charge in [0.05, 0.1) is 13.2 Å². The average molecular weight is 338 g/mol. The summed E-state index contributed by atoms with van der Waals surface area (Å²) >= 11 is 0. The SMILES string of the molecule is COc1cc(C)c(CN2CCNC(=O)[C@@H]2Cc2ccccc2)cc1C. The van der Waals surface area contributed by atoms with Gasteiger partial charge in [-0.15, -0.1) is 0 Å². The molecule has 1 saturated heterocycles. The van der Waals surface area contributed by atoms with E-state index in [0.717, 1.165) is 30.8 Å². The van der Waals surface area contributed by atoms with Crippen molar-refractivity contribution in [3.05, 3.63) is 64.7 Å². The van der Waals surface area contributed by atoms with Crippen LogP contribution in [-0.2, 0) is 17.8 Å². The van der Waals surface area contributed by atoms with E-state index in [-0.39, 0.29) is 11.9 Å². The van der Waals surface area contributed by atoms with Crippen molar-refractivity contribution in [3.63, 3.8) is 0 Å². The second-order valence-corrected chi connectivity index (χ2v) is 6.72. The number of piperazine rings is 1. The van der Waals surface area contributed by atoms with E-state index in [0.29, 0.717) is 6.54 Å². The van der Waals surface area contributed by atoms with Gasteiger partial charge in [-0.2, -0.15) is 0 Å². The minimum atomic E-state index is -0.127. The van der Waals surface area contributed by atoms with Crippen LogP contribution < -0.4 is 10.1 Å². The molecule has 4 heteroatoms. The molecule has 25 heavy (non-hydrogen) atoms. The molecule has 0 spiro atoms. The molecule has 4 nitrogen and oxygen atoms in total. The summed E-state index contributed by atoms with van der Waals surface area (Å²) in [5.74, 6) is 1.04. The van der Waals surface area contributed by atoms with E-state index in [4.69, 9.17) is 4.74 Å². The lowest BCUT2D eigenvalue weighted by Gasteiger charge is -2.35. The fraction of sp³-hybridized carbons (Fsp3) is 0.381. The van der Waals surface area contributed by atoms with Gasteiger partial charge in [-0.05, 0) is 48.6 Å². The Morgan fingerprint density at radius 3 is 2.64 bits per heavy atom. The summed E-state index contributed by atoms with van der Waals surface area (Å²) in [7, 11) is 1.70. The molecule has 2 aromatic carbocycles. The molecule has 0 aromatic heterocycles. The zero-order valence-electron chi connectivity index (χ0n) is 15.2. The number of amides is 1. The summed E-state index contributed by atoms with van der Waals surface area (Å²) < 4.78 is 5.41. The van der Waals surface area contributed by atoms with Crippen LogP contribution in [0.25, 0.3) is 0 Å². The van der Waals surface area contributed by atoms with Gasteiger partial charge < -0.3 is 10.1 Å². The maximum Gasteiger partial charge on any atom is 0.237 e. The molecule has 1 heterocycles. The molecule has 1 fully saturated rings. The van der Waals surface area contributed by atoms with Crippen LogP contribution in [0.2, 0.25) is 0 Å². The molecule has 0 unspecified atom stereocenters. The van der Waals surface area contributed by atoms with E-state index >= 15 is 0 Å². The molecular formula is C21H26N2O2. The number of hydrogen-bond donors (Lipinski definition) is 1. The molecule has 1 atom stereocenters. The van der Waals surface area contributed by atoms with Gasteiger partial charge in [0.1, 0.15) is 5.75 Å². The highest BCUT2D eigenvalue weighted by molar-refractivity contribution is 5.82. The Labute approximate surface area is 149 Å². The Morgan fingerprint density at radius 2 is 1.92 bits per heavy atom. The van der Waals surface area contributed by atoms with Gasteiger partial charge in [0, 0.05) is 19.6 Å². The van der Waals surface area contributed by atoms with Gasteiger partial charge in [-0.3, -0.25) is 9.69 Å². The number of rotatable bonds is 5. The topological polar surface area (TPSA) is 41.6 Å². The molecule has 0 aliphatic carbocycles. The lowest BCUT2D eigenvalue weighted by atomic mass is 9.99. The van der Waals surface area contributed by atoms with Gasteiger partial charge in [0.2, 0.25) is 5.91 Å². The minimum Gasteiger partial charge on any atom is -0.496 e. The molecule has 1 aliphatic heterocycles. The standard InChI is InChI=1S/C21H26N2O2/c1-15-12-20(25-3)16(2)11-18(15)14-23-10-9-22-21(24)19(23)13-17-7-5-4-6-8-17/h4-8,11-12,19H,9-10,13-14H2,1-3H3,(H,22,24)/t19-/m0/s1. The van der Waals surface area contributed by atoms with E-state index in [9.17, 15) is 4.79 Å². The lowest BCUT2D eigenvalue weighted by Crippen LogP contribution is -2.55. The smallest absolute Gasteiger partial charge is 0.237 e. The Balaban J connectivity index is 1.81. The Kier molecular flexibility index (Phi) is 5.39. The molecule has 132 valence electrons.